The summed E-state index contributed by atoms with van der Waals surface area (Å²) < 4.78 is 0. The highest BCUT2D eigenvalue weighted by atomic mass is 16.1. The molecule has 0 saturated carbocycles. The normalized spacial score (nSPS) is 35.1. The molecule has 1 aliphatic carbocycles. The van der Waals surface area contributed by atoms with E-state index in [-0.39, 0.29) is 11.7 Å². The maximum atomic E-state index is 10.9. The van der Waals surface area contributed by atoms with Gasteiger partial charge in [-0.05, 0) is 18.4 Å². The van der Waals surface area contributed by atoms with E-state index < -0.39 is 0 Å². The van der Waals surface area contributed by atoms with Gasteiger partial charge < -0.3 is 0 Å². The predicted octanol–water partition coefficient (Wildman–Crippen LogP) is 1.79. The minimum Gasteiger partial charge on any atom is -0.295 e. The first-order valence-corrected chi connectivity index (χ1v) is 3.42. The fourth-order valence-corrected chi connectivity index (χ4v) is 1.18. The second-order valence-corrected chi connectivity index (χ2v) is 2.88. The van der Waals surface area contributed by atoms with Gasteiger partial charge in [0, 0.05) is 5.92 Å². The largest absolute Gasteiger partial charge is 0.295 e. The van der Waals surface area contributed by atoms with Crippen LogP contribution in [-0.4, -0.2) is 5.78 Å². The zero-order valence-electron chi connectivity index (χ0n) is 5.92. The lowest BCUT2D eigenvalue weighted by molar-refractivity contribution is -0.118. The van der Waals surface area contributed by atoms with E-state index in [2.05, 4.69) is 6.92 Å². The van der Waals surface area contributed by atoms with Crippen molar-refractivity contribution >= 4 is 5.78 Å². The molecule has 9 heavy (non-hydrogen) atoms. The van der Waals surface area contributed by atoms with Gasteiger partial charge in [0.1, 0.15) is 0 Å². The second kappa shape index (κ2) is 2.34. The summed E-state index contributed by atoms with van der Waals surface area (Å²) in [6.45, 7) is 4.13. The number of hydrogen-bond acceptors (Lipinski definition) is 1. The Bertz CT molecular complexity index is 147. The molecule has 0 spiro atoms. The summed E-state index contributed by atoms with van der Waals surface area (Å²) in [6, 6.07) is 0. The molecule has 0 aromatic heterocycles. The molecule has 0 heterocycles. The summed E-state index contributed by atoms with van der Waals surface area (Å²) >= 11 is 0. The zero-order valence-corrected chi connectivity index (χ0v) is 5.92. The SMILES string of the molecule is C[C@@H]1C[C@@H](C)C=CC1=O. The molecule has 0 aromatic rings. The van der Waals surface area contributed by atoms with Crippen LogP contribution in [0.3, 0.4) is 0 Å². The molecule has 0 saturated heterocycles. The first-order chi connectivity index (χ1) is 4.20. The van der Waals surface area contributed by atoms with Crippen molar-refractivity contribution in [3.05, 3.63) is 12.2 Å². The Hall–Kier alpha value is -0.590. The predicted molar refractivity (Wildman–Crippen MR) is 37.1 cm³/mol. The Morgan fingerprint density at radius 2 is 2.22 bits per heavy atom. The van der Waals surface area contributed by atoms with Crippen LogP contribution in [-0.2, 0) is 4.79 Å². The molecule has 0 aromatic carbocycles. The molecule has 2 atom stereocenters. The van der Waals surface area contributed by atoms with Crippen molar-refractivity contribution in [2.75, 3.05) is 0 Å². The molecule has 1 aliphatic rings. The van der Waals surface area contributed by atoms with Gasteiger partial charge in [-0.2, -0.15) is 0 Å². The highest BCUT2D eigenvalue weighted by Crippen LogP contribution is 2.18. The van der Waals surface area contributed by atoms with E-state index in [0.29, 0.717) is 5.92 Å². The van der Waals surface area contributed by atoms with Crippen molar-refractivity contribution in [1.29, 1.82) is 0 Å². The minimum atomic E-state index is 0.255. The van der Waals surface area contributed by atoms with Crippen molar-refractivity contribution in [3.8, 4) is 0 Å². The monoisotopic (exact) mass is 124 g/mol. The molecule has 1 rings (SSSR count). The molecule has 0 fully saturated rings. The Kier molecular flexibility index (Phi) is 1.70. The lowest BCUT2D eigenvalue weighted by Crippen LogP contribution is -2.15. The van der Waals surface area contributed by atoms with Gasteiger partial charge in [0.15, 0.2) is 5.78 Å². The Morgan fingerprint density at radius 3 is 2.67 bits per heavy atom. The van der Waals surface area contributed by atoms with Gasteiger partial charge in [-0.3, -0.25) is 4.79 Å². The van der Waals surface area contributed by atoms with E-state index in [1.165, 1.54) is 0 Å². The molecule has 0 unspecified atom stereocenters. The molecule has 0 radical (unpaired) electrons. The van der Waals surface area contributed by atoms with Crippen LogP contribution in [0.15, 0.2) is 12.2 Å². The van der Waals surface area contributed by atoms with Gasteiger partial charge in [-0.15, -0.1) is 0 Å². The fraction of sp³-hybridized carbons (Fsp3) is 0.625. The third-order valence-corrected chi connectivity index (χ3v) is 1.80. The number of allylic oxidation sites excluding steroid dienone is 2. The van der Waals surface area contributed by atoms with E-state index >= 15 is 0 Å². The smallest absolute Gasteiger partial charge is 0.158 e. The van der Waals surface area contributed by atoms with Crippen LogP contribution in [0, 0.1) is 11.8 Å². The van der Waals surface area contributed by atoms with Crippen molar-refractivity contribution in [3.63, 3.8) is 0 Å². The number of carbonyl (C=O) groups excluding carboxylic acids is 1. The second-order valence-electron chi connectivity index (χ2n) is 2.88. The quantitative estimate of drug-likeness (QED) is 0.481. The molecular weight excluding hydrogens is 112 g/mol. The summed E-state index contributed by atoms with van der Waals surface area (Å²) in [5.74, 6) is 1.13. The molecule has 50 valence electrons. The van der Waals surface area contributed by atoms with Crippen LogP contribution in [0.25, 0.3) is 0 Å². The standard InChI is InChI=1S/C8H12O/c1-6-3-4-8(9)7(2)5-6/h3-4,6-7H,5H2,1-2H3/t6-,7+/m0/s1. The van der Waals surface area contributed by atoms with Crippen molar-refractivity contribution in [2.24, 2.45) is 11.8 Å². The first-order valence-electron chi connectivity index (χ1n) is 3.42. The summed E-state index contributed by atoms with van der Waals surface area (Å²) in [6.07, 6.45) is 4.72. The third kappa shape index (κ3) is 1.41. The van der Waals surface area contributed by atoms with Crippen molar-refractivity contribution in [2.45, 2.75) is 20.3 Å². The maximum absolute atomic E-state index is 10.9. The average molecular weight is 124 g/mol. The fourth-order valence-electron chi connectivity index (χ4n) is 1.18. The Balaban J connectivity index is 2.65. The van der Waals surface area contributed by atoms with Gasteiger partial charge in [0.2, 0.25) is 0 Å². The molecule has 1 heteroatoms. The summed E-state index contributed by atoms with van der Waals surface area (Å²) in [7, 11) is 0. The van der Waals surface area contributed by atoms with E-state index in [4.69, 9.17) is 0 Å². The van der Waals surface area contributed by atoms with Gasteiger partial charge >= 0.3 is 0 Å². The molecule has 0 N–H and O–H groups in total. The van der Waals surface area contributed by atoms with Crippen LogP contribution in [0.5, 0.6) is 0 Å². The van der Waals surface area contributed by atoms with Crippen LogP contribution in [0.2, 0.25) is 0 Å². The number of carbonyl (C=O) groups is 1. The Morgan fingerprint density at radius 1 is 1.56 bits per heavy atom. The molecule has 0 bridgehead atoms. The lowest BCUT2D eigenvalue weighted by atomic mass is 9.88. The summed E-state index contributed by atoms with van der Waals surface area (Å²) in [4.78, 5) is 10.9. The highest BCUT2D eigenvalue weighted by Gasteiger charge is 2.16. The topological polar surface area (TPSA) is 17.1 Å². The number of ketones is 1. The maximum Gasteiger partial charge on any atom is 0.158 e. The third-order valence-electron chi connectivity index (χ3n) is 1.80. The van der Waals surface area contributed by atoms with Crippen LogP contribution >= 0.6 is 0 Å². The van der Waals surface area contributed by atoms with Crippen LogP contribution in [0.1, 0.15) is 20.3 Å². The average Bonchev–Trinajstić information content (AvgIpc) is 1.80. The molecule has 1 nitrogen and oxygen atoms in total. The van der Waals surface area contributed by atoms with E-state index in [9.17, 15) is 4.79 Å². The van der Waals surface area contributed by atoms with Crippen molar-refractivity contribution in [1.82, 2.24) is 0 Å². The molecule has 0 amide bonds. The van der Waals surface area contributed by atoms with E-state index in [1.807, 2.05) is 13.0 Å². The first kappa shape index (κ1) is 6.53. The Labute approximate surface area is 55.8 Å². The number of rotatable bonds is 0. The highest BCUT2D eigenvalue weighted by molar-refractivity contribution is 5.92. The zero-order chi connectivity index (χ0) is 6.85. The van der Waals surface area contributed by atoms with Crippen LogP contribution in [0.4, 0.5) is 0 Å². The summed E-state index contributed by atoms with van der Waals surface area (Å²) in [5.41, 5.74) is 0. The molecule has 0 aliphatic heterocycles. The van der Waals surface area contributed by atoms with E-state index in [1.54, 1.807) is 6.08 Å². The number of hydrogen-bond donors (Lipinski definition) is 0. The van der Waals surface area contributed by atoms with Crippen LogP contribution < -0.4 is 0 Å². The summed E-state index contributed by atoms with van der Waals surface area (Å²) in [5, 5.41) is 0. The minimum absolute atomic E-state index is 0.255. The lowest BCUT2D eigenvalue weighted by Gasteiger charge is -2.15. The van der Waals surface area contributed by atoms with Gasteiger partial charge in [0.25, 0.3) is 0 Å². The van der Waals surface area contributed by atoms with E-state index in [0.717, 1.165) is 6.42 Å². The van der Waals surface area contributed by atoms with Gasteiger partial charge in [0.05, 0.1) is 0 Å². The van der Waals surface area contributed by atoms with Crippen molar-refractivity contribution < 1.29 is 4.79 Å². The van der Waals surface area contributed by atoms with Gasteiger partial charge in [-0.25, -0.2) is 0 Å². The van der Waals surface area contributed by atoms with Gasteiger partial charge in [-0.1, -0.05) is 19.9 Å². The molecular formula is C8H12O.